The van der Waals surface area contributed by atoms with Gasteiger partial charge in [0.05, 0.1) is 5.57 Å². The molecule has 0 aromatic heterocycles. The average Bonchev–Trinajstić information content (AvgIpc) is 3.03. The standard InChI is InChI=1S/C25H28ClN3O2/c1-3-27-14-16-28(17-15-27)23-22(20-8-4-18(2)5-9-20)24(30)29(25(23)31)13-12-19-6-10-21(26)11-7-19/h4-11H,3,12-17H2,1-2H3. The van der Waals surface area contributed by atoms with E-state index in [0.717, 1.165) is 49.4 Å². The van der Waals surface area contributed by atoms with Crippen molar-refractivity contribution in [3.63, 3.8) is 0 Å². The van der Waals surface area contributed by atoms with Gasteiger partial charge in [-0.05, 0) is 43.1 Å². The molecule has 2 aliphatic rings. The lowest BCUT2D eigenvalue weighted by molar-refractivity contribution is -0.137. The topological polar surface area (TPSA) is 43.9 Å². The molecule has 2 aromatic rings. The number of hydrogen-bond acceptors (Lipinski definition) is 4. The molecule has 2 aliphatic heterocycles. The Morgan fingerprint density at radius 3 is 2.13 bits per heavy atom. The lowest BCUT2D eigenvalue weighted by atomic mass is 10.0. The molecule has 6 heteroatoms. The van der Waals surface area contributed by atoms with E-state index < -0.39 is 0 Å². The maximum absolute atomic E-state index is 13.5. The van der Waals surface area contributed by atoms with Gasteiger partial charge in [0.2, 0.25) is 0 Å². The summed E-state index contributed by atoms with van der Waals surface area (Å²) in [5.41, 5.74) is 4.07. The SMILES string of the molecule is CCN1CCN(C2=C(c3ccc(C)cc3)C(=O)N(CCc3ccc(Cl)cc3)C2=O)CC1. The second-order valence-corrected chi connectivity index (χ2v) is 8.59. The van der Waals surface area contributed by atoms with Crippen LogP contribution in [0.3, 0.4) is 0 Å². The van der Waals surface area contributed by atoms with Gasteiger partial charge in [0, 0.05) is 37.7 Å². The molecule has 5 nitrogen and oxygen atoms in total. The molecule has 0 saturated carbocycles. The molecule has 0 bridgehead atoms. The molecule has 2 amide bonds. The Morgan fingerprint density at radius 2 is 1.52 bits per heavy atom. The number of piperazine rings is 1. The van der Waals surface area contributed by atoms with Crippen LogP contribution in [0.25, 0.3) is 5.57 Å². The summed E-state index contributed by atoms with van der Waals surface area (Å²) >= 11 is 5.97. The molecule has 0 radical (unpaired) electrons. The molecule has 0 unspecified atom stereocenters. The Morgan fingerprint density at radius 1 is 0.871 bits per heavy atom. The Kier molecular flexibility index (Phi) is 6.44. The normalized spacial score (nSPS) is 17.8. The third-order valence-corrected chi connectivity index (χ3v) is 6.41. The summed E-state index contributed by atoms with van der Waals surface area (Å²) in [6, 6.07) is 15.4. The Bertz CT molecular complexity index is 990. The monoisotopic (exact) mass is 437 g/mol. The number of carbonyl (C=O) groups excluding carboxylic acids is 2. The highest BCUT2D eigenvalue weighted by Gasteiger charge is 2.41. The van der Waals surface area contributed by atoms with Crippen molar-refractivity contribution in [2.75, 3.05) is 39.3 Å². The fourth-order valence-electron chi connectivity index (χ4n) is 4.22. The number of halogens is 1. The maximum atomic E-state index is 13.5. The van der Waals surface area contributed by atoms with Crippen LogP contribution in [0.1, 0.15) is 23.6 Å². The van der Waals surface area contributed by atoms with E-state index in [1.807, 2.05) is 55.5 Å². The number of nitrogens with zero attached hydrogens (tertiary/aromatic N) is 3. The van der Waals surface area contributed by atoms with Crippen molar-refractivity contribution in [1.29, 1.82) is 0 Å². The number of benzene rings is 2. The van der Waals surface area contributed by atoms with E-state index in [1.165, 1.54) is 4.90 Å². The van der Waals surface area contributed by atoms with E-state index in [9.17, 15) is 9.59 Å². The number of likely N-dealkylation sites (N-methyl/N-ethyl adjacent to an activating group) is 1. The smallest absolute Gasteiger partial charge is 0.277 e. The van der Waals surface area contributed by atoms with Crippen LogP contribution in [0.5, 0.6) is 0 Å². The first-order chi connectivity index (χ1) is 15.0. The van der Waals surface area contributed by atoms with Gasteiger partial charge < -0.3 is 9.80 Å². The summed E-state index contributed by atoms with van der Waals surface area (Å²) in [5, 5.41) is 0.675. The maximum Gasteiger partial charge on any atom is 0.277 e. The van der Waals surface area contributed by atoms with Gasteiger partial charge in [-0.3, -0.25) is 14.5 Å². The van der Waals surface area contributed by atoms with Gasteiger partial charge in [-0.25, -0.2) is 0 Å². The summed E-state index contributed by atoms with van der Waals surface area (Å²) in [4.78, 5) is 32.8. The second kappa shape index (κ2) is 9.25. The van der Waals surface area contributed by atoms with Crippen LogP contribution in [0.15, 0.2) is 54.2 Å². The predicted molar refractivity (Wildman–Crippen MR) is 124 cm³/mol. The third-order valence-electron chi connectivity index (χ3n) is 6.16. The zero-order chi connectivity index (χ0) is 22.0. The zero-order valence-corrected chi connectivity index (χ0v) is 18.9. The predicted octanol–water partition coefficient (Wildman–Crippen LogP) is 3.61. The van der Waals surface area contributed by atoms with Crippen molar-refractivity contribution in [1.82, 2.24) is 14.7 Å². The van der Waals surface area contributed by atoms with Crippen LogP contribution < -0.4 is 0 Å². The van der Waals surface area contributed by atoms with Crippen LogP contribution in [0, 0.1) is 6.92 Å². The van der Waals surface area contributed by atoms with Crippen molar-refractivity contribution in [2.24, 2.45) is 0 Å². The molecule has 1 fully saturated rings. The summed E-state index contributed by atoms with van der Waals surface area (Å²) in [5.74, 6) is -0.379. The highest BCUT2D eigenvalue weighted by molar-refractivity contribution is 6.35. The van der Waals surface area contributed by atoms with Crippen molar-refractivity contribution in [3.05, 3.63) is 75.9 Å². The number of amides is 2. The fourth-order valence-corrected chi connectivity index (χ4v) is 4.35. The quantitative estimate of drug-likeness (QED) is 0.647. The molecule has 1 saturated heterocycles. The van der Waals surface area contributed by atoms with Crippen molar-refractivity contribution in [3.8, 4) is 0 Å². The lowest BCUT2D eigenvalue weighted by Crippen LogP contribution is -2.47. The van der Waals surface area contributed by atoms with E-state index in [0.29, 0.717) is 29.3 Å². The van der Waals surface area contributed by atoms with Gasteiger partial charge in [-0.1, -0.05) is 60.5 Å². The lowest BCUT2D eigenvalue weighted by Gasteiger charge is -2.36. The van der Waals surface area contributed by atoms with Crippen LogP contribution >= 0.6 is 11.6 Å². The Labute approximate surface area is 188 Å². The minimum Gasteiger partial charge on any atom is -0.364 e. The van der Waals surface area contributed by atoms with Crippen LogP contribution in [-0.4, -0.2) is 65.8 Å². The van der Waals surface area contributed by atoms with E-state index >= 15 is 0 Å². The molecule has 2 aromatic carbocycles. The van der Waals surface area contributed by atoms with E-state index in [2.05, 4.69) is 16.7 Å². The van der Waals surface area contributed by atoms with Crippen LogP contribution in [0.2, 0.25) is 5.02 Å². The van der Waals surface area contributed by atoms with Gasteiger partial charge >= 0.3 is 0 Å². The summed E-state index contributed by atoms with van der Waals surface area (Å²) in [6.07, 6.45) is 0.604. The van der Waals surface area contributed by atoms with E-state index in [-0.39, 0.29) is 11.8 Å². The van der Waals surface area contributed by atoms with Gasteiger partial charge in [-0.15, -0.1) is 0 Å². The Hall–Kier alpha value is -2.63. The van der Waals surface area contributed by atoms with Crippen molar-refractivity contribution >= 4 is 29.0 Å². The van der Waals surface area contributed by atoms with Gasteiger partial charge in [0.1, 0.15) is 5.70 Å². The first-order valence-corrected chi connectivity index (χ1v) is 11.2. The van der Waals surface area contributed by atoms with Crippen molar-refractivity contribution < 1.29 is 9.59 Å². The average molecular weight is 438 g/mol. The highest BCUT2D eigenvalue weighted by Crippen LogP contribution is 2.32. The van der Waals surface area contributed by atoms with E-state index in [1.54, 1.807) is 0 Å². The Balaban J connectivity index is 1.61. The number of rotatable bonds is 6. The molecule has 0 atom stereocenters. The molecule has 0 N–H and O–H groups in total. The molecule has 0 aliphatic carbocycles. The largest absolute Gasteiger partial charge is 0.364 e. The molecule has 162 valence electrons. The number of aryl methyl sites for hydroxylation is 1. The summed E-state index contributed by atoms with van der Waals surface area (Å²) in [6.45, 7) is 8.81. The first-order valence-electron chi connectivity index (χ1n) is 10.9. The van der Waals surface area contributed by atoms with Gasteiger partial charge in [0.15, 0.2) is 0 Å². The molecular formula is C25H28ClN3O2. The first kappa shape index (κ1) is 21.6. The molecule has 31 heavy (non-hydrogen) atoms. The van der Waals surface area contributed by atoms with Gasteiger partial charge in [-0.2, -0.15) is 0 Å². The highest BCUT2D eigenvalue weighted by atomic mass is 35.5. The minimum atomic E-state index is -0.198. The third kappa shape index (κ3) is 4.53. The van der Waals surface area contributed by atoms with Gasteiger partial charge in [0.25, 0.3) is 11.8 Å². The molecule has 4 rings (SSSR count). The van der Waals surface area contributed by atoms with E-state index in [4.69, 9.17) is 11.6 Å². The molecular weight excluding hydrogens is 410 g/mol. The van der Waals surface area contributed by atoms with Crippen LogP contribution in [-0.2, 0) is 16.0 Å². The number of imide groups is 1. The fraction of sp³-hybridized carbons (Fsp3) is 0.360. The number of carbonyl (C=O) groups is 2. The zero-order valence-electron chi connectivity index (χ0n) is 18.1. The summed E-state index contributed by atoms with van der Waals surface area (Å²) in [7, 11) is 0. The molecule has 2 heterocycles. The minimum absolute atomic E-state index is 0.181. The second-order valence-electron chi connectivity index (χ2n) is 8.15. The molecule has 0 spiro atoms. The van der Waals surface area contributed by atoms with Crippen LogP contribution in [0.4, 0.5) is 0 Å². The number of hydrogen-bond donors (Lipinski definition) is 0. The summed E-state index contributed by atoms with van der Waals surface area (Å²) < 4.78 is 0. The van der Waals surface area contributed by atoms with Crippen molar-refractivity contribution in [2.45, 2.75) is 20.3 Å².